The van der Waals surface area contributed by atoms with Gasteiger partial charge in [-0.3, -0.25) is 19.4 Å². The van der Waals surface area contributed by atoms with Crippen molar-refractivity contribution in [2.24, 2.45) is 0 Å². The highest BCUT2D eigenvalue weighted by Crippen LogP contribution is 2.35. The maximum absolute atomic E-state index is 13.7. The molecular weight excluding hydrogens is 502 g/mol. The van der Waals surface area contributed by atoms with Gasteiger partial charge in [0.2, 0.25) is 0 Å². The summed E-state index contributed by atoms with van der Waals surface area (Å²) in [5.74, 6) is -0.232. The summed E-state index contributed by atoms with van der Waals surface area (Å²) in [5, 5.41) is 2.99. The molecule has 1 aliphatic rings. The average Bonchev–Trinajstić information content (AvgIpc) is 2.94. The van der Waals surface area contributed by atoms with Gasteiger partial charge in [0.15, 0.2) is 6.29 Å². The van der Waals surface area contributed by atoms with Crippen molar-refractivity contribution in [1.82, 2.24) is 20.2 Å². The minimum Gasteiger partial charge on any atom is -0.369 e. The molecule has 0 aliphatic heterocycles. The van der Waals surface area contributed by atoms with Gasteiger partial charge < -0.3 is 20.1 Å². The fourth-order valence-corrected chi connectivity index (χ4v) is 5.92. The number of amides is 1. The third-order valence-corrected chi connectivity index (χ3v) is 8.27. The van der Waals surface area contributed by atoms with Gasteiger partial charge >= 0.3 is 0 Å². The van der Waals surface area contributed by atoms with Crippen LogP contribution in [0.1, 0.15) is 75.8 Å². The lowest BCUT2D eigenvalue weighted by Crippen LogP contribution is -2.42. The molecule has 0 saturated heterocycles. The molecule has 2 heterocycles. The summed E-state index contributed by atoms with van der Waals surface area (Å²) in [5.41, 5.74) is 6.56. The Morgan fingerprint density at radius 3 is 2.33 bits per heavy atom. The van der Waals surface area contributed by atoms with E-state index in [9.17, 15) is 14.4 Å². The molecule has 3 aromatic rings. The van der Waals surface area contributed by atoms with Crippen LogP contribution < -0.4 is 15.8 Å². The van der Waals surface area contributed by atoms with Gasteiger partial charge in [0, 0.05) is 59.4 Å². The molecule has 40 heavy (non-hydrogen) atoms. The number of hydrogen-bond donors (Lipinski definition) is 2. The topological polar surface area (TPSA) is 98.4 Å². The van der Waals surface area contributed by atoms with Crippen molar-refractivity contribution in [2.45, 2.75) is 72.0 Å². The standard InChI is InChI=1S/C32H41N5O3/c1-7-37(27-12-10-26(11-13-27)36(5)6)30-16-24(23-8-9-25(19-38)33-17-23)15-28(22(30)4)31(39)34-18-29-20(2)14-21(3)35-32(29)40/h8-9,14-17,19,26-27H,7,10-13,18H2,1-6H3,(H,34,39)(H,35,40)/t26-,27-. The monoisotopic (exact) mass is 543 g/mol. The van der Waals surface area contributed by atoms with Crippen LogP contribution in [0.25, 0.3) is 11.1 Å². The molecule has 1 saturated carbocycles. The molecule has 8 heteroatoms. The number of rotatable bonds is 9. The number of aldehydes is 1. The first-order valence-corrected chi connectivity index (χ1v) is 14.1. The van der Waals surface area contributed by atoms with E-state index in [4.69, 9.17) is 0 Å². The molecule has 8 nitrogen and oxygen atoms in total. The Balaban J connectivity index is 1.71. The molecule has 2 aromatic heterocycles. The maximum atomic E-state index is 13.7. The molecule has 0 radical (unpaired) electrons. The van der Waals surface area contributed by atoms with Crippen LogP contribution in [0.4, 0.5) is 5.69 Å². The summed E-state index contributed by atoms with van der Waals surface area (Å²) < 4.78 is 0. The minimum atomic E-state index is -0.232. The molecule has 0 unspecified atom stereocenters. The Bertz CT molecular complexity index is 1420. The Hall–Kier alpha value is -3.78. The van der Waals surface area contributed by atoms with Gasteiger partial charge in [-0.2, -0.15) is 0 Å². The smallest absolute Gasteiger partial charge is 0.253 e. The zero-order valence-electron chi connectivity index (χ0n) is 24.5. The number of hydrogen-bond acceptors (Lipinski definition) is 6. The number of anilines is 1. The van der Waals surface area contributed by atoms with E-state index < -0.39 is 0 Å². The second-order valence-corrected chi connectivity index (χ2v) is 11.1. The largest absolute Gasteiger partial charge is 0.369 e. The molecule has 1 aliphatic carbocycles. The number of aromatic amines is 1. The van der Waals surface area contributed by atoms with E-state index in [0.29, 0.717) is 28.9 Å². The highest BCUT2D eigenvalue weighted by molar-refractivity contribution is 5.99. The predicted octanol–water partition coefficient (Wildman–Crippen LogP) is 4.80. The van der Waals surface area contributed by atoms with Crippen LogP contribution in [0.2, 0.25) is 0 Å². The Morgan fingerprint density at radius 2 is 1.75 bits per heavy atom. The normalized spacial score (nSPS) is 17.1. The lowest BCUT2D eigenvalue weighted by atomic mass is 9.88. The van der Waals surface area contributed by atoms with Crippen LogP contribution in [0.5, 0.6) is 0 Å². The second kappa shape index (κ2) is 12.6. The molecule has 1 fully saturated rings. The number of aromatic nitrogens is 2. The van der Waals surface area contributed by atoms with E-state index >= 15 is 0 Å². The summed E-state index contributed by atoms with van der Waals surface area (Å²) in [7, 11) is 4.30. The van der Waals surface area contributed by atoms with Gasteiger partial charge in [-0.15, -0.1) is 0 Å². The zero-order valence-corrected chi connectivity index (χ0v) is 24.5. The third kappa shape index (κ3) is 6.33. The van der Waals surface area contributed by atoms with Gasteiger partial charge in [-0.1, -0.05) is 6.07 Å². The lowest BCUT2D eigenvalue weighted by molar-refractivity contribution is 0.0950. The zero-order chi connectivity index (χ0) is 29.0. The van der Waals surface area contributed by atoms with E-state index in [1.807, 2.05) is 39.0 Å². The first kappa shape index (κ1) is 29.2. The number of nitrogens with zero attached hydrogens (tertiary/aromatic N) is 3. The highest BCUT2D eigenvalue weighted by atomic mass is 16.2. The number of benzene rings is 1. The Morgan fingerprint density at radius 1 is 1.05 bits per heavy atom. The molecular formula is C32H41N5O3. The number of nitrogens with one attached hydrogen (secondary N) is 2. The van der Waals surface area contributed by atoms with Crippen molar-refractivity contribution in [3.8, 4) is 11.1 Å². The first-order chi connectivity index (χ1) is 19.1. The summed E-state index contributed by atoms with van der Waals surface area (Å²) in [4.78, 5) is 49.2. The number of H-pyrrole nitrogens is 1. The van der Waals surface area contributed by atoms with Crippen LogP contribution in [0, 0.1) is 20.8 Å². The van der Waals surface area contributed by atoms with Crippen molar-refractivity contribution in [1.29, 1.82) is 0 Å². The number of carbonyl (C=O) groups excluding carboxylic acids is 2. The predicted molar refractivity (Wildman–Crippen MR) is 160 cm³/mol. The van der Waals surface area contributed by atoms with Crippen LogP contribution in [-0.4, -0.2) is 59.8 Å². The van der Waals surface area contributed by atoms with E-state index in [2.05, 4.69) is 52.2 Å². The fourth-order valence-electron chi connectivity index (χ4n) is 5.92. The molecule has 0 bridgehead atoms. The van der Waals surface area contributed by atoms with Crippen molar-refractivity contribution in [3.05, 3.63) is 80.5 Å². The van der Waals surface area contributed by atoms with Gasteiger partial charge in [0.1, 0.15) is 5.69 Å². The van der Waals surface area contributed by atoms with E-state index in [-0.39, 0.29) is 18.0 Å². The SMILES string of the molecule is CCN(c1cc(-c2ccc(C=O)nc2)cc(C(=O)NCc2c(C)cc(C)[nH]c2=O)c1C)[C@H]1CC[C@H](N(C)C)CC1. The van der Waals surface area contributed by atoms with Crippen LogP contribution in [0.3, 0.4) is 0 Å². The molecule has 2 N–H and O–H groups in total. The van der Waals surface area contributed by atoms with Gasteiger partial charge in [0.25, 0.3) is 11.5 Å². The van der Waals surface area contributed by atoms with Gasteiger partial charge in [-0.05, 0) is 108 Å². The van der Waals surface area contributed by atoms with Gasteiger partial charge in [-0.25, -0.2) is 0 Å². The quantitative estimate of drug-likeness (QED) is 0.376. The van der Waals surface area contributed by atoms with E-state index in [1.54, 1.807) is 12.3 Å². The highest BCUT2D eigenvalue weighted by Gasteiger charge is 2.28. The lowest BCUT2D eigenvalue weighted by Gasteiger charge is -2.40. The van der Waals surface area contributed by atoms with Crippen LogP contribution in [0.15, 0.2) is 41.3 Å². The molecule has 1 aromatic carbocycles. The third-order valence-electron chi connectivity index (χ3n) is 8.27. The maximum Gasteiger partial charge on any atom is 0.253 e. The van der Waals surface area contributed by atoms with Crippen molar-refractivity contribution < 1.29 is 9.59 Å². The first-order valence-electron chi connectivity index (χ1n) is 14.1. The molecule has 1 amide bonds. The second-order valence-electron chi connectivity index (χ2n) is 11.1. The van der Waals surface area contributed by atoms with Crippen LogP contribution in [-0.2, 0) is 6.54 Å². The summed E-state index contributed by atoms with van der Waals surface area (Å²) >= 11 is 0. The Kier molecular flexibility index (Phi) is 9.20. The number of pyridine rings is 2. The summed E-state index contributed by atoms with van der Waals surface area (Å²) in [6, 6.07) is 10.5. The van der Waals surface area contributed by atoms with Crippen LogP contribution >= 0.6 is 0 Å². The van der Waals surface area contributed by atoms with Gasteiger partial charge in [0.05, 0.1) is 0 Å². The summed E-state index contributed by atoms with van der Waals surface area (Å²) in [6.07, 6.45) is 6.86. The molecule has 0 spiro atoms. The Labute approximate surface area is 236 Å². The molecule has 4 rings (SSSR count). The average molecular weight is 544 g/mol. The summed E-state index contributed by atoms with van der Waals surface area (Å²) in [6.45, 7) is 8.85. The van der Waals surface area contributed by atoms with E-state index in [0.717, 1.165) is 72.1 Å². The van der Waals surface area contributed by atoms with Crippen molar-refractivity contribution >= 4 is 17.9 Å². The fraction of sp³-hybridized carbons (Fsp3) is 0.438. The number of aryl methyl sites for hydroxylation is 2. The molecule has 212 valence electrons. The molecule has 0 atom stereocenters. The van der Waals surface area contributed by atoms with E-state index in [1.165, 1.54) is 0 Å². The van der Waals surface area contributed by atoms with Crippen molar-refractivity contribution in [2.75, 3.05) is 25.5 Å². The minimum absolute atomic E-state index is 0.140. The van der Waals surface area contributed by atoms with Crippen molar-refractivity contribution in [3.63, 3.8) is 0 Å². The number of carbonyl (C=O) groups is 2.